The maximum atomic E-state index is 12.1. The molecule has 2 aliphatic heterocycles. The quantitative estimate of drug-likeness (QED) is 0.598. The normalized spacial score (nSPS) is 19.9. The second-order valence-corrected chi connectivity index (χ2v) is 7.03. The van der Waals surface area contributed by atoms with E-state index < -0.39 is 5.37 Å². The highest BCUT2D eigenvalue weighted by Gasteiger charge is 2.33. The van der Waals surface area contributed by atoms with Crippen molar-refractivity contribution in [3.05, 3.63) is 30.6 Å². The van der Waals surface area contributed by atoms with Gasteiger partial charge in [-0.05, 0) is 36.2 Å². The van der Waals surface area contributed by atoms with Crippen molar-refractivity contribution >= 4 is 34.2 Å². The topological polar surface area (TPSA) is 67.7 Å². The molecule has 0 spiro atoms. The number of hydrogen-bond donors (Lipinski definition) is 0. The van der Waals surface area contributed by atoms with Crippen molar-refractivity contribution < 1.29 is 14.3 Å². The molecule has 0 unspecified atom stereocenters. The summed E-state index contributed by atoms with van der Waals surface area (Å²) in [5.41, 5.74) is 3.18. The predicted molar refractivity (Wildman–Crippen MR) is 98.7 cm³/mol. The van der Waals surface area contributed by atoms with Crippen LogP contribution >= 0.6 is 11.6 Å². The Bertz CT molecular complexity index is 877. The minimum absolute atomic E-state index is 0.0639. The smallest absolute Gasteiger partial charge is 0.320 e. The average molecular weight is 375 g/mol. The fraction of sp³-hybridized carbons (Fsp3) is 0.389. The van der Waals surface area contributed by atoms with Crippen LogP contribution in [0.4, 0.5) is 16.2 Å². The zero-order chi connectivity index (χ0) is 18.4. The minimum Gasteiger partial charge on any atom is -0.377 e. The number of benzene rings is 1. The Morgan fingerprint density at radius 3 is 2.62 bits per heavy atom. The molecule has 1 saturated heterocycles. The number of nitrogens with zero attached hydrogens (tertiary/aromatic N) is 4. The van der Waals surface area contributed by atoms with E-state index in [1.54, 1.807) is 11.1 Å². The Hall–Kier alpha value is -2.38. The first-order chi connectivity index (χ1) is 12.5. The van der Waals surface area contributed by atoms with E-state index in [4.69, 9.17) is 16.3 Å². The summed E-state index contributed by atoms with van der Waals surface area (Å²) in [6.07, 6.45) is 3.76. The van der Waals surface area contributed by atoms with Crippen molar-refractivity contribution in [1.29, 1.82) is 0 Å². The lowest BCUT2D eigenvalue weighted by Crippen LogP contribution is -2.50. The molecular weight excluding hydrogens is 356 g/mol. The van der Waals surface area contributed by atoms with Gasteiger partial charge in [0.2, 0.25) is 5.91 Å². The SMILES string of the molecule is CC(=O)N1c2ccc(-c3cnn(C4COC4)c3)cc2N(C(=O)Cl)C[C@@H]1C. The average Bonchev–Trinajstić information content (AvgIpc) is 3.00. The fourth-order valence-electron chi connectivity index (χ4n) is 3.51. The number of carbonyl (C=O) groups excluding carboxylic acids is 2. The second-order valence-electron chi connectivity index (χ2n) is 6.71. The molecule has 0 N–H and O–H groups in total. The highest BCUT2D eigenvalue weighted by atomic mass is 35.5. The van der Waals surface area contributed by atoms with Crippen LogP contribution in [0.15, 0.2) is 30.6 Å². The molecule has 2 aliphatic rings. The van der Waals surface area contributed by atoms with Gasteiger partial charge >= 0.3 is 5.37 Å². The van der Waals surface area contributed by atoms with E-state index in [-0.39, 0.29) is 18.0 Å². The van der Waals surface area contributed by atoms with Crippen molar-refractivity contribution in [3.63, 3.8) is 0 Å². The second kappa shape index (κ2) is 6.41. The van der Waals surface area contributed by atoms with E-state index >= 15 is 0 Å². The molecule has 7 nitrogen and oxygen atoms in total. The Kier molecular flexibility index (Phi) is 4.20. The molecular formula is C18H19ClN4O3. The number of carbonyl (C=O) groups is 2. The van der Waals surface area contributed by atoms with Gasteiger partial charge < -0.3 is 9.64 Å². The van der Waals surface area contributed by atoms with Crippen molar-refractivity contribution in [1.82, 2.24) is 9.78 Å². The summed E-state index contributed by atoms with van der Waals surface area (Å²) in [4.78, 5) is 27.2. The van der Waals surface area contributed by atoms with Crippen LogP contribution in [0, 0.1) is 0 Å². The van der Waals surface area contributed by atoms with Crippen molar-refractivity contribution in [2.75, 3.05) is 29.6 Å². The molecule has 0 aliphatic carbocycles. The van der Waals surface area contributed by atoms with E-state index in [9.17, 15) is 9.59 Å². The third kappa shape index (κ3) is 2.77. The third-order valence-corrected chi connectivity index (χ3v) is 5.10. The summed E-state index contributed by atoms with van der Waals surface area (Å²) in [6.45, 7) is 5.13. The van der Waals surface area contributed by atoms with E-state index in [1.165, 1.54) is 11.8 Å². The standard InChI is InChI=1S/C18H19ClN4O3/c1-11-7-21(18(19)25)17-5-13(3-4-16(17)23(11)12(2)24)14-6-20-22(8-14)15-9-26-10-15/h3-6,8,11,15H,7,9-10H2,1-2H3/t11-/m0/s1. The van der Waals surface area contributed by atoms with Gasteiger partial charge in [-0.15, -0.1) is 0 Å². The maximum Gasteiger partial charge on any atom is 0.320 e. The van der Waals surface area contributed by atoms with Crippen LogP contribution in [0.5, 0.6) is 0 Å². The zero-order valence-electron chi connectivity index (χ0n) is 14.6. The van der Waals surface area contributed by atoms with Crippen LogP contribution in [0.25, 0.3) is 11.1 Å². The van der Waals surface area contributed by atoms with E-state index in [2.05, 4.69) is 5.10 Å². The molecule has 1 atom stereocenters. The first-order valence-electron chi connectivity index (χ1n) is 8.49. The molecule has 0 bridgehead atoms. The Morgan fingerprint density at radius 1 is 1.23 bits per heavy atom. The molecule has 0 radical (unpaired) electrons. The highest BCUT2D eigenvalue weighted by molar-refractivity contribution is 6.66. The lowest BCUT2D eigenvalue weighted by Gasteiger charge is -2.40. The molecule has 8 heteroatoms. The lowest BCUT2D eigenvalue weighted by atomic mass is 10.0. The zero-order valence-corrected chi connectivity index (χ0v) is 15.3. The largest absolute Gasteiger partial charge is 0.377 e. The van der Waals surface area contributed by atoms with Gasteiger partial charge in [-0.2, -0.15) is 5.10 Å². The summed E-state index contributed by atoms with van der Waals surface area (Å²) in [6, 6.07) is 5.81. The van der Waals surface area contributed by atoms with Gasteiger partial charge in [-0.1, -0.05) is 6.07 Å². The van der Waals surface area contributed by atoms with E-state index in [0.29, 0.717) is 31.1 Å². The Balaban J connectivity index is 1.75. The van der Waals surface area contributed by atoms with Gasteiger partial charge in [0.15, 0.2) is 0 Å². The number of rotatable bonds is 2. The molecule has 3 heterocycles. The number of halogens is 1. The van der Waals surface area contributed by atoms with Crippen LogP contribution < -0.4 is 9.80 Å². The van der Waals surface area contributed by atoms with Crippen molar-refractivity contribution in [3.8, 4) is 11.1 Å². The first-order valence-corrected chi connectivity index (χ1v) is 8.86. The Morgan fingerprint density at radius 2 is 2.00 bits per heavy atom. The summed E-state index contributed by atoms with van der Waals surface area (Å²) < 4.78 is 7.10. The molecule has 1 fully saturated rings. The monoisotopic (exact) mass is 374 g/mol. The van der Waals surface area contributed by atoms with Gasteiger partial charge in [-0.25, -0.2) is 0 Å². The van der Waals surface area contributed by atoms with Crippen LogP contribution in [0.3, 0.4) is 0 Å². The number of aromatic nitrogens is 2. The third-order valence-electron chi connectivity index (χ3n) is 4.89. The van der Waals surface area contributed by atoms with Gasteiger partial charge in [-0.3, -0.25) is 19.2 Å². The number of ether oxygens (including phenoxy) is 1. The summed E-state index contributed by atoms with van der Waals surface area (Å²) in [5.74, 6) is -0.0639. The number of hydrogen-bond acceptors (Lipinski definition) is 4. The van der Waals surface area contributed by atoms with Crippen molar-refractivity contribution in [2.24, 2.45) is 0 Å². The number of amides is 2. The van der Waals surface area contributed by atoms with Gasteiger partial charge in [0, 0.05) is 25.2 Å². The number of fused-ring (bicyclic) bond motifs is 1. The fourth-order valence-corrected chi connectivity index (χ4v) is 3.67. The summed E-state index contributed by atoms with van der Waals surface area (Å²) in [5, 5.41) is 3.85. The number of anilines is 2. The van der Waals surface area contributed by atoms with Gasteiger partial charge in [0.1, 0.15) is 0 Å². The summed E-state index contributed by atoms with van der Waals surface area (Å²) >= 11 is 5.80. The predicted octanol–water partition coefficient (Wildman–Crippen LogP) is 3.04. The highest BCUT2D eigenvalue weighted by Crippen LogP contribution is 2.39. The molecule has 26 heavy (non-hydrogen) atoms. The lowest BCUT2D eigenvalue weighted by molar-refractivity contribution is -0.117. The minimum atomic E-state index is -0.555. The molecule has 136 valence electrons. The molecule has 2 amide bonds. The van der Waals surface area contributed by atoms with Crippen LogP contribution in [0.1, 0.15) is 19.9 Å². The summed E-state index contributed by atoms with van der Waals surface area (Å²) in [7, 11) is 0. The molecule has 0 saturated carbocycles. The van der Waals surface area contributed by atoms with E-state index in [1.807, 2.05) is 36.0 Å². The van der Waals surface area contributed by atoms with Crippen molar-refractivity contribution in [2.45, 2.75) is 25.9 Å². The maximum absolute atomic E-state index is 12.1. The Labute approximate surface area is 156 Å². The molecule has 4 rings (SSSR count). The van der Waals surface area contributed by atoms with Gasteiger partial charge in [0.25, 0.3) is 0 Å². The van der Waals surface area contributed by atoms with Crippen LogP contribution in [0.2, 0.25) is 0 Å². The van der Waals surface area contributed by atoms with Gasteiger partial charge in [0.05, 0.1) is 42.9 Å². The molecule has 1 aromatic carbocycles. The first kappa shape index (κ1) is 17.1. The van der Waals surface area contributed by atoms with Crippen LogP contribution in [-0.2, 0) is 9.53 Å². The van der Waals surface area contributed by atoms with Crippen LogP contribution in [-0.4, -0.2) is 46.9 Å². The molecule has 2 aromatic rings. The molecule has 1 aromatic heterocycles. The van der Waals surface area contributed by atoms with E-state index in [0.717, 1.165) is 11.1 Å².